The van der Waals surface area contributed by atoms with Gasteiger partial charge in [-0.3, -0.25) is 4.79 Å². The number of nitrogen functional groups attached to an aromatic ring is 1. The smallest absolute Gasteiger partial charge is 0.398 e. The summed E-state index contributed by atoms with van der Waals surface area (Å²) < 4.78 is 41.5. The fraction of sp³-hybridized carbons (Fsp3) is 0.333. The van der Waals surface area contributed by atoms with Gasteiger partial charge in [0.1, 0.15) is 5.84 Å². The zero-order valence-electron chi connectivity index (χ0n) is 20.6. The molecule has 1 aromatic heterocycles. The standard InChI is InChI=1S/C27H29F3N6O/c1-15-23(17-11-13-18(14-12-17)33-16(2)37)34-26(19-7-3-5-9-21(19)27(28,29)30)36-25(15)35-24(32)20-8-4-6-10-22(20)31/h3-10,17-18H,11-14,31H2,1-2H3,(H,33,37)(H2,32,34,35,36). The van der Waals surface area contributed by atoms with Gasteiger partial charge in [-0.15, -0.1) is 0 Å². The normalized spacial score (nSPS) is 18.5. The molecule has 0 unspecified atom stereocenters. The summed E-state index contributed by atoms with van der Waals surface area (Å²) in [5.41, 5.74) is 13.6. The Bertz CT molecular complexity index is 1330. The number of alkyl halides is 3. The molecule has 194 valence electrons. The number of nitrogens with one attached hydrogen (secondary N) is 1. The van der Waals surface area contributed by atoms with Gasteiger partial charge >= 0.3 is 6.18 Å². The van der Waals surface area contributed by atoms with Gasteiger partial charge in [-0.2, -0.15) is 13.2 Å². The van der Waals surface area contributed by atoms with Crippen molar-refractivity contribution >= 4 is 23.2 Å². The summed E-state index contributed by atoms with van der Waals surface area (Å²) in [6, 6.07) is 12.2. The third-order valence-electron chi connectivity index (χ3n) is 6.62. The van der Waals surface area contributed by atoms with Crippen molar-refractivity contribution in [1.29, 1.82) is 0 Å². The van der Waals surface area contributed by atoms with Crippen LogP contribution >= 0.6 is 0 Å². The van der Waals surface area contributed by atoms with E-state index in [1.165, 1.54) is 25.1 Å². The Morgan fingerprint density at radius 2 is 1.68 bits per heavy atom. The zero-order chi connectivity index (χ0) is 26.7. The Morgan fingerprint density at radius 3 is 2.32 bits per heavy atom. The maximum Gasteiger partial charge on any atom is 0.417 e. The van der Waals surface area contributed by atoms with Gasteiger partial charge in [-0.05, 0) is 50.8 Å². The van der Waals surface area contributed by atoms with Crippen molar-refractivity contribution in [1.82, 2.24) is 15.3 Å². The second-order valence-electron chi connectivity index (χ2n) is 9.26. The van der Waals surface area contributed by atoms with E-state index in [4.69, 9.17) is 11.5 Å². The lowest BCUT2D eigenvalue weighted by Crippen LogP contribution is -2.36. The van der Waals surface area contributed by atoms with E-state index < -0.39 is 11.7 Å². The van der Waals surface area contributed by atoms with Crippen LogP contribution in [0.3, 0.4) is 0 Å². The number of aromatic nitrogens is 2. The minimum atomic E-state index is -4.58. The van der Waals surface area contributed by atoms with Crippen molar-refractivity contribution in [2.24, 2.45) is 10.7 Å². The molecule has 1 fully saturated rings. The van der Waals surface area contributed by atoms with E-state index >= 15 is 0 Å². The van der Waals surface area contributed by atoms with E-state index in [1.54, 1.807) is 31.2 Å². The number of carbonyl (C=O) groups is 1. The Labute approximate surface area is 213 Å². The van der Waals surface area contributed by atoms with Crippen LogP contribution in [0.4, 0.5) is 24.7 Å². The van der Waals surface area contributed by atoms with Crippen LogP contribution in [0.15, 0.2) is 53.5 Å². The summed E-state index contributed by atoms with van der Waals surface area (Å²) in [6.07, 6.45) is -1.67. The maximum absolute atomic E-state index is 13.8. The molecule has 0 bridgehead atoms. The van der Waals surface area contributed by atoms with E-state index in [0.29, 0.717) is 35.3 Å². The van der Waals surface area contributed by atoms with Crippen LogP contribution in [0.25, 0.3) is 11.4 Å². The van der Waals surface area contributed by atoms with Crippen LogP contribution in [-0.4, -0.2) is 27.8 Å². The highest BCUT2D eigenvalue weighted by molar-refractivity contribution is 6.03. The summed E-state index contributed by atoms with van der Waals surface area (Å²) in [4.78, 5) is 25.1. The van der Waals surface area contributed by atoms with E-state index in [0.717, 1.165) is 18.9 Å². The van der Waals surface area contributed by atoms with E-state index in [-0.39, 0.29) is 40.9 Å². The maximum atomic E-state index is 13.8. The van der Waals surface area contributed by atoms with Crippen molar-refractivity contribution in [3.63, 3.8) is 0 Å². The molecule has 1 amide bonds. The molecule has 0 spiro atoms. The van der Waals surface area contributed by atoms with Gasteiger partial charge in [0.15, 0.2) is 11.6 Å². The first-order valence-corrected chi connectivity index (χ1v) is 12.1. The highest BCUT2D eigenvalue weighted by Gasteiger charge is 2.35. The minimum absolute atomic E-state index is 0.0261. The predicted molar refractivity (Wildman–Crippen MR) is 137 cm³/mol. The summed E-state index contributed by atoms with van der Waals surface area (Å²) in [5.74, 6) is 0.129. The van der Waals surface area contributed by atoms with Crippen LogP contribution in [0.1, 0.15) is 60.9 Å². The first kappa shape index (κ1) is 26.1. The molecule has 4 rings (SSSR count). The molecule has 1 heterocycles. The Balaban J connectivity index is 1.83. The molecule has 0 atom stereocenters. The second kappa shape index (κ2) is 10.6. The van der Waals surface area contributed by atoms with Crippen LogP contribution in [0, 0.1) is 6.92 Å². The number of halogens is 3. The van der Waals surface area contributed by atoms with Crippen LogP contribution < -0.4 is 16.8 Å². The molecule has 0 radical (unpaired) electrons. The van der Waals surface area contributed by atoms with E-state index in [2.05, 4.69) is 20.3 Å². The van der Waals surface area contributed by atoms with Crippen molar-refractivity contribution in [3.05, 3.63) is 70.9 Å². The highest BCUT2D eigenvalue weighted by Crippen LogP contribution is 2.40. The van der Waals surface area contributed by atoms with Crippen molar-refractivity contribution in [3.8, 4) is 11.4 Å². The summed E-state index contributed by atoms with van der Waals surface area (Å²) in [7, 11) is 0. The second-order valence-corrected chi connectivity index (χ2v) is 9.26. The summed E-state index contributed by atoms with van der Waals surface area (Å²) >= 11 is 0. The Kier molecular flexibility index (Phi) is 7.47. The van der Waals surface area contributed by atoms with Gasteiger partial charge < -0.3 is 16.8 Å². The molecule has 37 heavy (non-hydrogen) atoms. The average Bonchev–Trinajstić information content (AvgIpc) is 2.85. The molecule has 1 saturated carbocycles. The van der Waals surface area contributed by atoms with E-state index in [1.807, 2.05) is 0 Å². The van der Waals surface area contributed by atoms with Gasteiger partial charge in [-0.25, -0.2) is 15.0 Å². The quantitative estimate of drug-likeness (QED) is 0.246. The minimum Gasteiger partial charge on any atom is -0.398 e. The first-order valence-electron chi connectivity index (χ1n) is 12.1. The third-order valence-corrected chi connectivity index (χ3v) is 6.62. The van der Waals surface area contributed by atoms with Gasteiger partial charge in [0, 0.05) is 41.3 Å². The van der Waals surface area contributed by atoms with Crippen LogP contribution in [0.5, 0.6) is 0 Å². The average molecular weight is 511 g/mol. The van der Waals surface area contributed by atoms with Crippen LogP contribution in [0.2, 0.25) is 0 Å². The van der Waals surface area contributed by atoms with Gasteiger partial charge in [0.05, 0.1) is 11.3 Å². The fourth-order valence-electron chi connectivity index (χ4n) is 4.78. The zero-order valence-corrected chi connectivity index (χ0v) is 20.6. The summed E-state index contributed by atoms with van der Waals surface area (Å²) in [5, 5.41) is 2.94. The van der Waals surface area contributed by atoms with Crippen molar-refractivity contribution in [2.75, 3.05) is 5.73 Å². The number of para-hydroxylation sites is 1. The lowest BCUT2D eigenvalue weighted by Gasteiger charge is -2.29. The van der Waals surface area contributed by atoms with Gasteiger partial charge in [0.25, 0.3) is 0 Å². The number of rotatable bonds is 5. The number of amides is 1. The number of hydrogen-bond donors (Lipinski definition) is 3. The topological polar surface area (TPSA) is 119 Å². The number of nitrogens with zero attached hydrogens (tertiary/aromatic N) is 3. The molecular weight excluding hydrogens is 481 g/mol. The molecular formula is C27H29F3N6O. The molecule has 5 N–H and O–H groups in total. The monoisotopic (exact) mass is 510 g/mol. The molecule has 10 heteroatoms. The number of aliphatic imine (C=N–C) groups is 1. The van der Waals surface area contributed by atoms with Gasteiger partial charge in [0.2, 0.25) is 5.91 Å². The molecule has 0 aliphatic heterocycles. The lowest BCUT2D eigenvalue weighted by molar-refractivity contribution is -0.137. The van der Waals surface area contributed by atoms with Crippen molar-refractivity contribution < 1.29 is 18.0 Å². The van der Waals surface area contributed by atoms with Gasteiger partial charge in [-0.1, -0.05) is 30.3 Å². The molecule has 2 aromatic carbocycles. The van der Waals surface area contributed by atoms with E-state index in [9.17, 15) is 18.0 Å². The molecule has 3 aromatic rings. The predicted octanol–water partition coefficient (Wildman–Crippen LogP) is 5.25. The molecule has 1 aliphatic rings. The Morgan fingerprint density at radius 1 is 1.03 bits per heavy atom. The Hall–Kier alpha value is -3.95. The number of nitrogens with two attached hydrogens (primary N) is 2. The molecule has 0 saturated heterocycles. The third kappa shape index (κ3) is 5.90. The first-order chi connectivity index (χ1) is 17.5. The summed E-state index contributed by atoms with van der Waals surface area (Å²) in [6.45, 7) is 3.29. The molecule has 1 aliphatic carbocycles. The highest BCUT2D eigenvalue weighted by atomic mass is 19.4. The number of amidine groups is 1. The lowest BCUT2D eigenvalue weighted by atomic mass is 9.82. The SMILES string of the molecule is CC(=O)NC1CCC(c2nc(-c3ccccc3C(F)(F)F)nc(N=C(N)c3ccccc3N)c2C)CC1. The largest absolute Gasteiger partial charge is 0.417 e. The fourth-order valence-corrected chi connectivity index (χ4v) is 4.78. The number of anilines is 1. The van der Waals surface area contributed by atoms with Crippen molar-refractivity contribution in [2.45, 2.75) is 57.7 Å². The number of benzene rings is 2. The van der Waals surface area contributed by atoms with Crippen LogP contribution in [-0.2, 0) is 11.0 Å². The number of hydrogen-bond acceptors (Lipinski definition) is 5. The molecule has 7 nitrogen and oxygen atoms in total. The number of carbonyl (C=O) groups excluding carboxylic acids is 1.